The van der Waals surface area contributed by atoms with E-state index in [1.165, 1.54) is 6.07 Å². The molecule has 0 aliphatic rings. The summed E-state index contributed by atoms with van der Waals surface area (Å²) in [6.45, 7) is 4.66. The molecule has 0 aliphatic heterocycles. The van der Waals surface area contributed by atoms with Crippen LogP contribution in [0.25, 0.3) is 0 Å². The smallest absolute Gasteiger partial charge is 0.242 e. The van der Waals surface area contributed by atoms with Crippen LogP contribution < -0.4 is 5.32 Å². The van der Waals surface area contributed by atoms with Gasteiger partial charge in [0.2, 0.25) is 11.8 Å². The fraction of sp³-hybridized carbons (Fsp3) is 0.364. The number of carbonyl (C=O) groups is 2. The highest BCUT2D eigenvalue weighted by molar-refractivity contribution is 5.88. The molecular weight excluding hydrogens is 343 g/mol. The highest BCUT2D eigenvalue weighted by Gasteiger charge is 2.26. The maximum atomic E-state index is 13.9. The molecule has 27 heavy (non-hydrogen) atoms. The molecule has 1 N–H and O–H groups in total. The summed E-state index contributed by atoms with van der Waals surface area (Å²) >= 11 is 0. The minimum Gasteiger partial charge on any atom is -0.354 e. The Labute approximate surface area is 160 Å². The zero-order valence-corrected chi connectivity index (χ0v) is 16.0. The van der Waals surface area contributed by atoms with E-state index in [0.717, 1.165) is 12.0 Å². The van der Waals surface area contributed by atoms with Gasteiger partial charge in [-0.3, -0.25) is 9.59 Å². The summed E-state index contributed by atoms with van der Waals surface area (Å²) in [6.07, 6.45) is 1.40. The number of carbonyl (C=O) groups excluding carboxylic acids is 2. The Morgan fingerprint density at radius 3 is 2.41 bits per heavy atom. The van der Waals surface area contributed by atoms with Crippen LogP contribution in [0.4, 0.5) is 4.39 Å². The Morgan fingerprint density at radius 2 is 1.74 bits per heavy atom. The molecular formula is C22H27FN2O2. The minimum absolute atomic E-state index is 0.0626. The summed E-state index contributed by atoms with van der Waals surface area (Å²) in [7, 11) is 0. The van der Waals surface area contributed by atoms with Crippen LogP contribution in [0.2, 0.25) is 0 Å². The molecule has 5 heteroatoms. The van der Waals surface area contributed by atoms with Gasteiger partial charge in [0.1, 0.15) is 11.9 Å². The molecule has 2 aromatic rings. The van der Waals surface area contributed by atoms with Gasteiger partial charge < -0.3 is 10.2 Å². The standard InChI is InChI=1S/C22H27FN2O2/c1-3-14-24-22(27)17(2)25(15-13-18-9-5-4-6-10-18)21(26)16-19-11-7-8-12-20(19)23/h4-12,17H,3,13-16H2,1-2H3,(H,24,27)/t17-/m0/s1. The van der Waals surface area contributed by atoms with E-state index < -0.39 is 11.9 Å². The number of halogens is 1. The zero-order chi connectivity index (χ0) is 19.6. The first-order valence-electron chi connectivity index (χ1n) is 9.37. The number of nitrogens with zero attached hydrogens (tertiary/aromatic N) is 1. The van der Waals surface area contributed by atoms with Crippen molar-refractivity contribution in [1.82, 2.24) is 10.2 Å². The van der Waals surface area contributed by atoms with Crippen LogP contribution in [0.15, 0.2) is 54.6 Å². The monoisotopic (exact) mass is 370 g/mol. The topological polar surface area (TPSA) is 49.4 Å². The third-order valence-corrected chi connectivity index (χ3v) is 4.50. The van der Waals surface area contributed by atoms with E-state index in [9.17, 15) is 14.0 Å². The van der Waals surface area contributed by atoms with E-state index in [0.29, 0.717) is 25.1 Å². The van der Waals surface area contributed by atoms with Crippen molar-refractivity contribution in [3.63, 3.8) is 0 Å². The third-order valence-electron chi connectivity index (χ3n) is 4.50. The summed E-state index contributed by atoms with van der Waals surface area (Å²) in [5.74, 6) is -0.848. The van der Waals surface area contributed by atoms with Crippen molar-refractivity contribution in [2.75, 3.05) is 13.1 Å². The van der Waals surface area contributed by atoms with Crippen molar-refractivity contribution in [3.8, 4) is 0 Å². The number of nitrogens with one attached hydrogen (secondary N) is 1. The first kappa shape index (κ1) is 20.6. The predicted molar refractivity (Wildman–Crippen MR) is 105 cm³/mol. The summed E-state index contributed by atoms with van der Waals surface area (Å²) in [5, 5.41) is 2.83. The van der Waals surface area contributed by atoms with Crippen LogP contribution >= 0.6 is 0 Å². The molecule has 2 amide bonds. The van der Waals surface area contributed by atoms with E-state index in [4.69, 9.17) is 0 Å². The fourth-order valence-electron chi connectivity index (χ4n) is 2.87. The molecule has 0 bridgehead atoms. The first-order chi connectivity index (χ1) is 13.0. The molecule has 1 atom stereocenters. The normalized spacial score (nSPS) is 11.7. The number of hydrogen-bond acceptors (Lipinski definition) is 2. The van der Waals surface area contributed by atoms with Crippen molar-refractivity contribution in [2.45, 2.75) is 39.2 Å². The van der Waals surface area contributed by atoms with Gasteiger partial charge in [-0.25, -0.2) is 4.39 Å². The van der Waals surface area contributed by atoms with Crippen LogP contribution in [-0.4, -0.2) is 35.8 Å². The highest BCUT2D eigenvalue weighted by atomic mass is 19.1. The second-order valence-corrected chi connectivity index (χ2v) is 6.56. The first-order valence-corrected chi connectivity index (χ1v) is 9.37. The lowest BCUT2D eigenvalue weighted by atomic mass is 10.1. The van der Waals surface area contributed by atoms with Crippen LogP contribution in [-0.2, 0) is 22.4 Å². The minimum atomic E-state index is -0.612. The van der Waals surface area contributed by atoms with E-state index in [1.54, 1.807) is 30.0 Å². The van der Waals surface area contributed by atoms with Gasteiger partial charge >= 0.3 is 0 Å². The lowest BCUT2D eigenvalue weighted by Crippen LogP contribution is -2.49. The van der Waals surface area contributed by atoms with Gasteiger partial charge in [-0.15, -0.1) is 0 Å². The van der Waals surface area contributed by atoms with Gasteiger partial charge in [0.15, 0.2) is 0 Å². The lowest BCUT2D eigenvalue weighted by Gasteiger charge is -2.29. The average Bonchev–Trinajstić information content (AvgIpc) is 2.68. The van der Waals surface area contributed by atoms with Gasteiger partial charge in [-0.1, -0.05) is 55.5 Å². The molecule has 144 valence electrons. The van der Waals surface area contributed by atoms with Crippen molar-refractivity contribution in [3.05, 3.63) is 71.5 Å². The Kier molecular flexibility index (Phi) is 7.99. The van der Waals surface area contributed by atoms with Crippen molar-refractivity contribution >= 4 is 11.8 Å². The molecule has 0 aromatic heterocycles. The van der Waals surface area contributed by atoms with Gasteiger partial charge in [-0.2, -0.15) is 0 Å². The summed E-state index contributed by atoms with van der Waals surface area (Å²) in [5.41, 5.74) is 1.43. The van der Waals surface area contributed by atoms with Crippen LogP contribution in [0.3, 0.4) is 0 Å². The largest absolute Gasteiger partial charge is 0.354 e. The van der Waals surface area contributed by atoms with E-state index in [1.807, 2.05) is 37.3 Å². The molecule has 0 spiro atoms. The highest BCUT2D eigenvalue weighted by Crippen LogP contribution is 2.12. The van der Waals surface area contributed by atoms with Crippen molar-refractivity contribution < 1.29 is 14.0 Å². The van der Waals surface area contributed by atoms with Gasteiger partial charge in [0.05, 0.1) is 6.42 Å². The van der Waals surface area contributed by atoms with Crippen LogP contribution in [0.1, 0.15) is 31.4 Å². The van der Waals surface area contributed by atoms with Crippen molar-refractivity contribution in [2.24, 2.45) is 0 Å². The molecule has 0 aliphatic carbocycles. The second-order valence-electron chi connectivity index (χ2n) is 6.56. The third kappa shape index (κ3) is 6.20. The summed E-state index contributed by atoms with van der Waals surface area (Å²) in [4.78, 5) is 26.8. The Morgan fingerprint density at radius 1 is 1.07 bits per heavy atom. The number of rotatable bonds is 9. The molecule has 0 saturated carbocycles. The van der Waals surface area contributed by atoms with Crippen LogP contribution in [0.5, 0.6) is 0 Å². The van der Waals surface area contributed by atoms with Gasteiger partial charge in [-0.05, 0) is 37.0 Å². The number of benzene rings is 2. The SMILES string of the molecule is CCCNC(=O)[C@H](C)N(CCc1ccccc1)C(=O)Cc1ccccc1F. The lowest BCUT2D eigenvalue weighted by molar-refractivity contribution is -0.139. The van der Waals surface area contributed by atoms with E-state index >= 15 is 0 Å². The molecule has 2 rings (SSSR count). The molecule has 0 radical (unpaired) electrons. The summed E-state index contributed by atoms with van der Waals surface area (Å²) < 4.78 is 13.9. The molecule has 4 nitrogen and oxygen atoms in total. The molecule has 0 unspecified atom stereocenters. The van der Waals surface area contributed by atoms with Gasteiger partial charge in [0, 0.05) is 13.1 Å². The summed E-state index contributed by atoms with van der Waals surface area (Å²) in [6, 6.07) is 15.4. The quantitative estimate of drug-likeness (QED) is 0.736. The van der Waals surface area contributed by atoms with Gasteiger partial charge in [0.25, 0.3) is 0 Å². The molecule has 2 aromatic carbocycles. The van der Waals surface area contributed by atoms with E-state index in [-0.39, 0.29) is 18.2 Å². The predicted octanol–water partition coefficient (Wildman–Crippen LogP) is 3.35. The molecule has 0 fully saturated rings. The van der Waals surface area contributed by atoms with Crippen LogP contribution in [0, 0.1) is 5.82 Å². The second kappa shape index (κ2) is 10.5. The Bertz CT molecular complexity index is 749. The maximum Gasteiger partial charge on any atom is 0.242 e. The Balaban J connectivity index is 2.13. The molecule has 0 heterocycles. The Hall–Kier alpha value is -2.69. The maximum absolute atomic E-state index is 13.9. The van der Waals surface area contributed by atoms with E-state index in [2.05, 4.69) is 5.32 Å². The zero-order valence-electron chi connectivity index (χ0n) is 16.0. The average molecular weight is 370 g/mol. The molecule has 0 saturated heterocycles. The number of hydrogen-bond donors (Lipinski definition) is 1. The van der Waals surface area contributed by atoms with Crippen molar-refractivity contribution in [1.29, 1.82) is 0 Å². The number of amides is 2. The fourth-order valence-corrected chi connectivity index (χ4v) is 2.87.